The Hall–Kier alpha value is -2.50. The van der Waals surface area contributed by atoms with Crippen LogP contribution in [0.3, 0.4) is 0 Å². The number of primary amides is 1. The van der Waals surface area contributed by atoms with Gasteiger partial charge in [-0.25, -0.2) is 0 Å². The van der Waals surface area contributed by atoms with Gasteiger partial charge in [-0.3, -0.25) is 9.79 Å². The lowest BCUT2D eigenvalue weighted by Gasteiger charge is -2.12. The average Bonchev–Trinajstić information content (AvgIpc) is 2.73. The number of hydrogen-bond donors (Lipinski definition) is 3. The molecule has 0 fully saturated rings. The number of alkyl halides is 3. The van der Waals surface area contributed by atoms with Crippen LogP contribution in [-0.2, 0) is 23.8 Å². The molecule has 2 aromatic carbocycles. The molecule has 0 aliphatic rings. The summed E-state index contributed by atoms with van der Waals surface area (Å²) in [4.78, 5) is 15.2. The molecule has 0 saturated heterocycles. The molecule has 1 amide bonds. The van der Waals surface area contributed by atoms with Crippen LogP contribution in [0.4, 0.5) is 13.2 Å². The van der Waals surface area contributed by atoms with Crippen molar-refractivity contribution in [3.63, 3.8) is 0 Å². The number of halogens is 4. The van der Waals surface area contributed by atoms with E-state index in [0.717, 1.165) is 29.7 Å². The van der Waals surface area contributed by atoms with Crippen LogP contribution in [0.15, 0.2) is 53.5 Å². The molecule has 6 nitrogen and oxygen atoms in total. The Morgan fingerprint density at radius 3 is 2.16 bits per heavy atom. The molecule has 0 aliphatic carbocycles. The van der Waals surface area contributed by atoms with Gasteiger partial charge < -0.3 is 21.1 Å². The van der Waals surface area contributed by atoms with E-state index in [1.807, 2.05) is 19.1 Å². The average molecular weight is 564 g/mol. The third-order valence-corrected chi connectivity index (χ3v) is 4.31. The fourth-order valence-corrected chi connectivity index (χ4v) is 2.73. The summed E-state index contributed by atoms with van der Waals surface area (Å²) in [6, 6.07) is 12.5. The number of nitrogens with zero attached hydrogens (tertiary/aromatic N) is 1. The summed E-state index contributed by atoms with van der Waals surface area (Å²) in [5, 5.41) is 6.38. The Balaban J connectivity index is 0.00000512. The van der Waals surface area contributed by atoms with Gasteiger partial charge in [0.2, 0.25) is 0 Å². The van der Waals surface area contributed by atoms with Gasteiger partial charge in [-0.2, -0.15) is 13.2 Å². The molecule has 0 aliphatic heterocycles. The molecule has 0 heterocycles. The number of hydrogen-bond acceptors (Lipinski definition) is 3. The van der Waals surface area contributed by atoms with E-state index in [0.29, 0.717) is 37.8 Å². The van der Waals surface area contributed by atoms with Crippen molar-refractivity contribution < 1.29 is 22.7 Å². The van der Waals surface area contributed by atoms with Gasteiger partial charge in [0.15, 0.2) is 12.6 Å². The van der Waals surface area contributed by atoms with Gasteiger partial charge >= 0.3 is 6.18 Å². The van der Waals surface area contributed by atoms with E-state index in [-0.39, 0.29) is 30.6 Å². The highest BCUT2D eigenvalue weighted by Crippen LogP contribution is 2.29. The molecule has 2 rings (SSSR count). The van der Waals surface area contributed by atoms with Crippen LogP contribution < -0.4 is 21.1 Å². The lowest BCUT2D eigenvalue weighted by Crippen LogP contribution is -2.38. The summed E-state index contributed by atoms with van der Waals surface area (Å²) in [5.74, 6) is 0.700. The van der Waals surface area contributed by atoms with E-state index < -0.39 is 17.6 Å². The SMILES string of the molecule is CCNC(=NCCc1ccc(C(F)(F)F)cc1)NCCc1ccc(OCC(N)=O)cc1.I. The van der Waals surface area contributed by atoms with Gasteiger partial charge in [-0.15, -0.1) is 24.0 Å². The Kier molecular flexibility index (Phi) is 11.9. The normalized spacial score (nSPS) is 11.4. The van der Waals surface area contributed by atoms with Crippen molar-refractivity contribution in [3.8, 4) is 5.75 Å². The minimum atomic E-state index is -4.32. The molecule has 0 aromatic heterocycles. The second-order valence-corrected chi connectivity index (χ2v) is 6.78. The zero-order valence-electron chi connectivity index (χ0n) is 17.7. The highest BCUT2D eigenvalue weighted by atomic mass is 127. The van der Waals surface area contributed by atoms with Crippen molar-refractivity contribution in [1.29, 1.82) is 0 Å². The molecule has 0 unspecified atom stereocenters. The molecule has 0 radical (unpaired) electrons. The number of ether oxygens (including phenoxy) is 1. The molecule has 0 spiro atoms. The minimum Gasteiger partial charge on any atom is -0.484 e. The molecule has 2 aromatic rings. The second kappa shape index (κ2) is 13.8. The maximum atomic E-state index is 12.6. The van der Waals surface area contributed by atoms with E-state index >= 15 is 0 Å². The van der Waals surface area contributed by atoms with Gasteiger partial charge in [0, 0.05) is 19.6 Å². The maximum absolute atomic E-state index is 12.6. The molecule has 0 saturated carbocycles. The number of nitrogens with two attached hydrogens (primary N) is 1. The first-order chi connectivity index (χ1) is 14.8. The molecule has 0 atom stereocenters. The highest BCUT2D eigenvalue weighted by Gasteiger charge is 2.29. The number of nitrogens with one attached hydrogen (secondary N) is 2. The van der Waals surface area contributed by atoms with Crippen molar-refractivity contribution in [2.75, 3.05) is 26.2 Å². The molecule has 10 heteroatoms. The van der Waals surface area contributed by atoms with Crippen LogP contribution in [0.1, 0.15) is 23.6 Å². The summed E-state index contributed by atoms with van der Waals surface area (Å²) in [6.45, 7) is 3.59. The van der Waals surface area contributed by atoms with Gasteiger partial charge in [0.25, 0.3) is 5.91 Å². The van der Waals surface area contributed by atoms with Gasteiger partial charge in [-0.1, -0.05) is 24.3 Å². The Morgan fingerprint density at radius 2 is 1.59 bits per heavy atom. The molecular weight excluding hydrogens is 536 g/mol. The summed E-state index contributed by atoms with van der Waals surface area (Å²) in [6.07, 6.45) is -3.03. The van der Waals surface area contributed by atoms with Gasteiger partial charge in [0.1, 0.15) is 5.75 Å². The van der Waals surface area contributed by atoms with E-state index in [1.54, 1.807) is 12.1 Å². The van der Waals surface area contributed by atoms with Crippen LogP contribution in [0, 0.1) is 0 Å². The largest absolute Gasteiger partial charge is 0.484 e. The van der Waals surface area contributed by atoms with Crippen molar-refractivity contribution in [2.45, 2.75) is 25.9 Å². The van der Waals surface area contributed by atoms with Crippen LogP contribution in [0.5, 0.6) is 5.75 Å². The lowest BCUT2D eigenvalue weighted by molar-refractivity contribution is -0.137. The van der Waals surface area contributed by atoms with E-state index in [4.69, 9.17) is 10.5 Å². The van der Waals surface area contributed by atoms with E-state index in [9.17, 15) is 18.0 Å². The van der Waals surface area contributed by atoms with Crippen LogP contribution in [-0.4, -0.2) is 38.1 Å². The van der Waals surface area contributed by atoms with Crippen molar-refractivity contribution in [2.24, 2.45) is 10.7 Å². The molecule has 176 valence electrons. The van der Waals surface area contributed by atoms with Crippen LogP contribution in [0.25, 0.3) is 0 Å². The van der Waals surface area contributed by atoms with Gasteiger partial charge in [0.05, 0.1) is 5.56 Å². The van der Waals surface area contributed by atoms with Crippen LogP contribution >= 0.6 is 24.0 Å². The Bertz CT molecular complexity index is 857. The summed E-state index contributed by atoms with van der Waals surface area (Å²) in [7, 11) is 0. The highest BCUT2D eigenvalue weighted by molar-refractivity contribution is 14.0. The van der Waals surface area contributed by atoms with Crippen molar-refractivity contribution in [1.82, 2.24) is 10.6 Å². The monoisotopic (exact) mass is 564 g/mol. The third-order valence-electron chi connectivity index (χ3n) is 4.31. The van der Waals surface area contributed by atoms with Crippen molar-refractivity contribution >= 4 is 35.8 Å². The van der Waals surface area contributed by atoms with Crippen molar-refractivity contribution in [3.05, 3.63) is 65.2 Å². The fraction of sp³-hybridized carbons (Fsp3) is 0.364. The van der Waals surface area contributed by atoms with Gasteiger partial charge in [-0.05, 0) is 55.2 Å². The number of carbonyl (C=O) groups is 1. The predicted molar refractivity (Wildman–Crippen MR) is 129 cm³/mol. The van der Waals surface area contributed by atoms with E-state index in [2.05, 4.69) is 15.6 Å². The topological polar surface area (TPSA) is 88.7 Å². The number of carbonyl (C=O) groups excluding carboxylic acids is 1. The number of amides is 1. The standard InChI is InChI=1S/C22H27F3N4O2.HI/c1-2-27-21(28-13-11-16-3-7-18(8-4-16)22(23,24)25)29-14-12-17-5-9-19(10-6-17)31-15-20(26)30;/h3-10H,2,11-15H2,1H3,(H2,26,30)(H2,27,28,29);1H. The molecule has 0 bridgehead atoms. The Labute approximate surface area is 202 Å². The van der Waals surface area contributed by atoms with E-state index in [1.165, 1.54) is 12.1 Å². The summed E-state index contributed by atoms with van der Waals surface area (Å²) < 4.78 is 43.1. The number of rotatable bonds is 10. The zero-order valence-corrected chi connectivity index (χ0v) is 20.1. The first-order valence-electron chi connectivity index (χ1n) is 9.96. The quantitative estimate of drug-likeness (QED) is 0.234. The molecular formula is C22H28F3IN4O2. The Morgan fingerprint density at radius 1 is 1.00 bits per heavy atom. The predicted octanol–water partition coefficient (Wildman–Crippen LogP) is 3.53. The first kappa shape index (κ1) is 27.5. The first-order valence-corrected chi connectivity index (χ1v) is 9.96. The summed E-state index contributed by atoms with van der Waals surface area (Å²) >= 11 is 0. The molecule has 32 heavy (non-hydrogen) atoms. The second-order valence-electron chi connectivity index (χ2n) is 6.78. The third kappa shape index (κ3) is 10.2. The fourth-order valence-electron chi connectivity index (χ4n) is 2.73. The zero-order chi connectivity index (χ0) is 22.7. The maximum Gasteiger partial charge on any atom is 0.416 e. The minimum absolute atomic E-state index is 0. The smallest absolute Gasteiger partial charge is 0.416 e. The summed E-state index contributed by atoms with van der Waals surface area (Å²) in [5.41, 5.74) is 6.28. The lowest BCUT2D eigenvalue weighted by atomic mass is 10.1. The van der Waals surface area contributed by atoms with Crippen LogP contribution in [0.2, 0.25) is 0 Å². The number of aliphatic imine (C=N–C) groups is 1. The number of benzene rings is 2. The molecule has 4 N–H and O–H groups in total. The number of guanidine groups is 1.